The van der Waals surface area contributed by atoms with E-state index in [1.165, 1.54) is 0 Å². The molecule has 0 saturated carbocycles. The van der Waals surface area contributed by atoms with E-state index < -0.39 is 0 Å². The average Bonchev–Trinajstić information content (AvgIpc) is 3.03. The van der Waals surface area contributed by atoms with Gasteiger partial charge in [-0.25, -0.2) is 4.98 Å². The van der Waals surface area contributed by atoms with Gasteiger partial charge in [0, 0.05) is 21.5 Å². The average molecular weight is 320 g/mol. The first-order valence-corrected chi connectivity index (χ1v) is 8.02. The van der Waals surface area contributed by atoms with Crippen molar-refractivity contribution < 1.29 is 0 Å². The van der Waals surface area contributed by atoms with Gasteiger partial charge in [0.2, 0.25) is 0 Å². The van der Waals surface area contributed by atoms with Gasteiger partial charge in [-0.1, -0.05) is 62.8 Å². The summed E-state index contributed by atoms with van der Waals surface area (Å²) in [4.78, 5) is 4.10. The van der Waals surface area contributed by atoms with Gasteiger partial charge in [-0.15, -0.1) is 4.67 Å². The third-order valence-corrected chi connectivity index (χ3v) is 1.71. The van der Waals surface area contributed by atoms with Crippen LogP contribution in [-0.4, -0.2) is 36.0 Å². The summed E-state index contributed by atoms with van der Waals surface area (Å²) < 4.78 is 4.02. The van der Waals surface area contributed by atoms with Gasteiger partial charge in [-0.05, 0) is 12.1 Å². The van der Waals surface area contributed by atoms with Crippen LogP contribution in [0.4, 0.5) is 0 Å². The Morgan fingerprint density at radius 1 is 1.00 bits per heavy atom. The molecule has 0 unspecified atom stereocenters. The Balaban J connectivity index is -0.0000000954. The van der Waals surface area contributed by atoms with Gasteiger partial charge in [0.05, 0.1) is 5.39 Å². The smallest absolute Gasteiger partial charge is 0.269 e. The van der Waals surface area contributed by atoms with Gasteiger partial charge in [0.1, 0.15) is 5.69 Å². The highest BCUT2D eigenvalue weighted by Gasteiger charge is 2.05. The van der Waals surface area contributed by atoms with Crippen LogP contribution in [0.1, 0.15) is 75.4 Å². The number of pyridine rings is 1. The molecular formula is C18H37BN4+. The van der Waals surface area contributed by atoms with E-state index in [4.69, 9.17) is 0 Å². The lowest BCUT2D eigenvalue weighted by atomic mass is 10.3. The maximum atomic E-state index is 4.10. The van der Waals surface area contributed by atoms with E-state index in [0.717, 1.165) is 16.7 Å². The Kier molecular flexibility index (Phi) is 40.5. The first kappa shape index (κ1) is 32.9. The zero-order chi connectivity index (χ0) is 17.1. The van der Waals surface area contributed by atoms with Crippen molar-refractivity contribution in [1.82, 2.24) is 19.8 Å². The Labute approximate surface area is 146 Å². The molecule has 0 fully saturated rings. The second-order valence-corrected chi connectivity index (χ2v) is 2.55. The lowest BCUT2D eigenvalue weighted by Crippen LogP contribution is -1.85. The molecule has 2 rings (SSSR count). The number of rotatable bonds is 1. The van der Waals surface area contributed by atoms with E-state index in [-0.39, 0.29) is 15.8 Å². The van der Waals surface area contributed by atoms with Gasteiger partial charge in [-0.3, -0.25) is 5.10 Å². The molecule has 0 saturated heterocycles. The Hall–Kier alpha value is -1.87. The van der Waals surface area contributed by atoms with Crippen molar-refractivity contribution in [1.29, 1.82) is 0 Å². The van der Waals surface area contributed by atoms with Crippen molar-refractivity contribution in [2.75, 3.05) is 0 Å². The zero-order valence-corrected chi connectivity index (χ0v) is 15.8. The SMILES string of the molecule is C.CC.CC.CC.CC.CC=[N+]=Cc1[nH]nc2ncccc12.[B]. The molecule has 2 heterocycles. The third kappa shape index (κ3) is 13.5. The number of nitrogens with one attached hydrogen (secondary N) is 1. The summed E-state index contributed by atoms with van der Waals surface area (Å²) in [6.07, 6.45) is 5.18. The minimum Gasteiger partial charge on any atom is -0.269 e. The fourth-order valence-electron chi connectivity index (χ4n) is 1.12. The highest BCUT2D eigenvalue weighted by molar-refractivity contribution is 5.95. The number of hydrogen-bond acceptors (Lipinski definition) is 2. The molecule has 1 N–H and O–H groups in total. The van der Waals surface area contributed by atoms with Crippen molar-refractivity contribution in [2.24, 2.45) is 0 Å². The molecule has 4 nitrogen and oxygen atoms in total. The molecule has 0 aliphatic carbocycles. The first-order valence-electron chi connectivity index (χ1n) is 8.02. The van der Waals surface area contributed by atoms with Crippen molar-refractivity contribution in [3.8, 4) is 0 Å². The van der Waals surface area contributed by atoms with Crippen LogP contribution in [0.5, 0.6) is 0 Å². The second-order valence-electron chi connectivity index (χ2n) is 2.55. The maximum Gasteiger partial charge on any atom is 0.317 e. The highest BCUT2D eigenvalue weighted by Crippen LogP contribution is 2.09. The lowest BCUT2D eigenvalue weighted by molar-refractivity contribution is 1.09. The minimum atomic E-state index is 0. The fraction of sp³-hybridized carbons (Fsp3) is 0.556. The quantitative estimate of drug-likeness (QED) is 0.462. The predicted octanol–water partition coefficient (Wildman–Crippen LogP) is 4.89. The molecule has 0 amide bonds. The largest absolute Gasteiger partial charge is 0.317 e. The van der Waals surface area contributed by atoms with E-state index >= 15 is 0 Å². The monoisotopic (exact) mass is 320 g/mol. The molecule has 0 aliphatic rings. The lowest BCUT2D eigenvalue weighted by Gasteiger charge is -1.82. The molecule has 5 heteroatoms. The van der Waals surface area contributed by atoms with Crippen molar-refractivity contribution >= 4 is 31.9 Å². The van der Waals surface area contributed by atoms with E-state index in [1.54, 1.807) is 18.6 Å². The van der Waals surface area contributed by atoms with Crippen LogP contribution in [0.3, 0.4) is 0 Å². The fourth-order valence-corrected chi connectivity index (χ4v) is 1.12. The standard InChI is InChI=1S/C9H8N4.4C2H6.CH4.B/c1-2-10-6-8-7-4-3-5-11-9(7)13-12-8;4*1-2;;/h2-6H,1H3;4*1-2H3;1H4;/p+1. The molecule has 0 bridgehead atoms. The van der Waals surface area contributed by atoms with Gasteiger partial charge in [-0.2, -0.15) is 5.10 Å². The summed E-state index contributed by atoms with van der Waals surface area (Å²) in [5, 5.41) is 7.89. The second kappa shape index (κ2) is 28.3. The Bertz CT molecular complexity index is 486. The molecule has 2 aromatic heterocycles. The van der Waals surface area contributed by atoms with Crippen LogP contribution >= 0.6 is 0 Å². The molecule has 0 aromatic carbocycles. The van der Waals surface area contributed by atoms with Crippen molar-refractivity contribution in [2.45, 2.75) is 69.7 Å². The number of nitrogens with zero attached hydrogens (tertiary/aromatic N) is 3. The van der Waals surface area contributed by atoms with Gasteiger partial charge in [0.25, 0.3) is 6.21 Å². The van der Waals surface area contributed by atoms with Crippen LogP contribution in [-0.2, 0) is 0 Å². The summed E-state index contributed by atoms with van der Waals surface area (Å²) in [6.45, 7) is 17.9. The van der Waals surface area contributed by atoms with Gasteiger partial charge < -0.3 is 0 Å². The number of aromatic amines is 1. The van der Waals surface area contributed by atoms with Crippen LogP contribution in [0, 0.1) is 0 Å². The topological polar surface area (TPSA) is 55.7 Å². The number of H-pyrrole nitrogens is 1. The third-order valence-electron chi connectivity index (χ3n) is 1.71. The summed E-state index contributed by atoms with van der Waals surface area (Å²) in [7, 11) is 0. The summed E-state index contributed by atoms with van der Waals surface area (Å²) >= 11 is 0. The van der Waals surface area contributed by atoms with Gasteiger partial charge >= 0.3 is 6.21 Å². The molecule has 131 valence electrons. The van der Waals surface area contributed by atoms with Crippen LogP contribution in [0.15, 0.2) is 18.3 Å². The number of fused-ring (bicyclic) bond motifs is 1. The summed E-state index contributed by atoms with van der Waals surface area (Å²) in [5.41, 5.74) is 1.61. The molecule has 0 spiro atoms. The molecule has 3 radical (unpaired) electrons. The van der Waals surface area contributed by atoms with Crippen molar-refractivity contribution in [3.05, 3.63) is 24.0 Å². The number of hydrogen-bond donors (Lipinski definition) is 1. The molecule has 0 aliphatic heterocycles. The van der Waals surface area contributed by atoms with Crippen molar-refractivity contribution in [3.63, 3.8) is 0 Å². The van der Waals surface area contributed by atoms with Crippen LogP contribution in [0.2, 0.25) is 0 Å². The van der Waals surface area contributed by atoms with E-state index in [0.29, 0.717) is 0 Å². The molecule has 2 aromatic rings. The highest BCUT2D eigenvalue weighted by atomic mass is 15.1. The minimum absolute atomic E-state index is 0. The van der Waals surface area contributed by atoms with Gasteiger partial charge in [0.15, 0.2) is 5.65 Å². The molecular weight excluding hydrogens is 283 g/mol. The maximum absolute atomic E-state index is 4.10. The summed E-state index contributed by atoms with van der Waals surface area (Å²) in [6, 6.07) is 3.84. The Morgan fingerprint density at radius 3 is 2.00 bits per heavy atom. The van der Waals surface area contributed by atoms with E-state index in [1.807, 2.05) is 74.4 Å². The van der Waals surface area contributed by atoms with E-state index in [2.05, 4.69) is 19.8 Å². The normalized spacial score (nSPS) is 6.48. The van der Waals surface area contributed by atoms with Crippen LogP contribution < -0.4 is 4.67 Å². The molecule has 0 atom stereocenters. The Morgan fingerprint density at radius 2 is 1.52 bits per heavy atom. The molecule has 23 heavy (non-hydrogen) atoms. The first-order chi connectivity index (χ1) is 10.4. The summed E-state index contributed by atoms with van der Waals surface area (Å²) in [5.74, 6) is 0. The zero-order valence-electron chi connectivity index (χ0n) is 15.8. The number of aromatic nitrogens is 3. The van der Waals surface area contributed by atoms with E-state index in [9.17, 15) is 0 Å². The van der Waals surface area contributed by atoms with Crippen LogP contribution in [0.25, 0.3) is 11.0 Å². The predicted molar refractivity (Wildman–Crippen MR) is 111 cm³/mol.